The number of hydrogen-bond donors (Lipinski definition) is 1. The smallest absolute Gasteiger partial charge is 0.231 e. The largest absolute Gasteiger partial charge is 0.507 e. The summed E-state index contributed by atoms with van der Waals surface area (Å²) in [5, 5.41) is 11.2. The van der Waals surface area contributed by atoms with Crippen LogP contribution in [0.15, 0.2) is 71.1 Å². The number of nitrogens with zero attached hydrogens (tertiary/aromatic N) is 1. The molecule has 1 unspecified atom stereocenters. The number of phenols is 1. The summed E-state index contributed by atoms with van der Waals surface area (Å²) in [4.78, 5) is 4.62. The van der Waals surface area contributed by atoms with Crippen LogP contribution in [0.4, 0.5) is 0 Å². The highest BCUT2D eigenvalue weighted by atomic mass is 16.3. The second kappa shape index (κ2) is 7.40. The van der Waals surface area contributed by atoms with Crippen molar-refractivity contribution in [2.24, 2.45) is 0 Å². The molecule has 1 aromatic heterocycles. The van der Waals surface area contributed by atoms with Gasteiger partial charge in [-0.05, 0) is 52.6 Å². The van der Waals surface area contributed by atoms with E-state index in [4.69, 9.17) is 4.42 Å². The van der Waals surface area contributed by atoms with E-state index in [2.05, 4.69) is 63.0 Å². The summed E-state index contributed by atoms with van der Waals surface area (Å²) < 4.78 is 5.98. The molecule has 1 atom stereocenters. The normalized spacial score (nSPS) is 13.0. The SMILES string of the molecule is CC(Cc1ccccc1)c1cc(C(C)(C)C)cc(-c2nc3ccccc3o2)c1O. The molecule has 3 aromatic carbocycles. The molecule has 0 aliphatic rings. The maximum absolute atomic E-state index is 11.2. The van der Waals surface area contributed by atoms with E-state index in [1.807, 2.05) is 36.4 Å². The molecule has 0 spiro atoms. The lowest BCUT2D eigenvalue weighted by atomic mass is 9.82. The van der Waals surface area contributed by atoms with E-state index in [0.717, 1.165) is 28.6 Å². The van der Waals surface area contributed by atoms with Gasteiger partial charge in [-0.3, -0.25) is 0 Å². The highest BCUT2D eigenvalue weighted by Crippen LogP contribution is 2.41. The Morgan fingerprint density at radius 1 is 0.966 bits per heavy atom. The number of aromatic hydroxyl groups is 1. The van der Waals surface area contributed by atoms with E-state index in [1.54, 1.807) is 0 Å². The van der Waals surface area contributed by atoms with Crippen molar-refractivity contribution in [1.29, 1.82) is 0 Å². The van der Waals surface area contributed by atoms with Crippen molar-refractivity contribution < 1.29 is 9.52 Å². The van der Waals surface area contributed by atoms with Crippen molar-refractivity contribution in [2.45, 2.75) is 45.4 Å². The number of aromatic nitrogens is 1. The average molecular weight is 386 g/mol. The third kappa shape index (κ3) is 3.91. The molecule has 1 N–H and O–H groups in total. The van der Waals surface area contributed by atoms with Crippen molar-refractivity contribution in [2.75, 3.05) is 0 Å². The van der Waals surface area contributed by atoms with Crippen LogP contribution in [0.2, 0.25) is 0 Å². The standard InChI is InChI=1S/C26H27NO2/c1-17(14-18-10-6-5-7-11-18)20-15-19(26(2,3)4)16-21(24(20)28)25-27-22-12-8-9-13-23(22)29-25/h5-13,15-17,28H,14H2,1-4H3. The number of para-hydroxylation sites is 2. The third-order valence-electron chi connectivity index (χ3n) is 5.45. The van der Waals surface area contributed by atoms with Gasteiger partial charge in [-0.2, -0.15) is 0 Å². The van der Waals surface area contributed by atoms with Crippen LogP contribution >= 0.6 is 0 Å². The van der Waals surface area contributed by atoms with Crippen LogP contribution in [0.5, 0.6) is 5.75 Å². The van der Waals surface area contributed by atoms with Crippen LogP contribution < -0.4 is 0 Å². The molecule has 0 aliphatic carbocycles. The molecular weight excluding hydrogens is 358 g/mol. The van der Waals surface area contributed by atoms with Gasteiger partial charge < -0.3 is 9.52 Å². The van der Waals surface area contributed by atoms with E-state index in [0.29, 0.717) is 11.5 Å². The molecule has 0 aliphatic heterocycles. The van der Waals surface area contributed by atoms with E-state index >= 15 is 0 Å². The Kier molecular flexibility index (Phi) is 4.91. The van der Waals surface area contributed by atoms with E-state index in [-0.39, 0.29) is 17.1 Å². The van der Waals surface area contributed by atoms with Gasteiger partial charge in [0.2, 0.25) is 5.89 Å². The Morgan fingerprint density at radius 2 is 1.66 bits per heavy atom. The van der Waals surface area contributed by atoms with Crippen LogP contribution in [-0.2, 0) is 11.8 Å². The lowest BCUT2D eigenvalue weighted by molar-refractivity contribution is 0.460. The molecule has 3 heteroatoms. The first-order valence-corrected chi connectivity index (χ1v) is 10.1. The fraction of sp³-hybridized carbons (Fsp3) is 0.269. The minimum Gasteiger partial charge on any atom is -0.507 e. The first-order valence-electron chi connectivity index (χ1n) is 10.1. The Labute approximate surface area is 172 Å². The van der Waals surface area contributed by atoms with E-state index in [9.17, 15) is 5.11 Å². The number of oxazole rings is 1. The summed E-state index contributed by atoms with van der Waals surface area (Å²) >= 11 is 0. The summed E-state index contributed by atoms with van der Waals surface area (Å²) in [6.45, 7) is 8.70. The zero-order valence-corrected chi connectivity index (χ0v) is 17.4. The second-order valence-corrected chi connectivity index (χ2v) is 8.79. The number of benzene rings is 3. The topological polar surface area (TPSA) is 46.3 Å². The molecule has 0 saturated carbocycles. The number of hydrogen-bond acceptors (Lipinski definition) is 3. The fourth-order valence-corrected chi connectivity index (χ4v) is 3.69. The van der Waals surface area contributed by atoms with Crippen LogP contribution in [-0.4, -0.2) is 10.1 Å². The molecule has 0 radical (unpaired) electrons. The Morgan fingerprint density at radius 3 is 2.34 bits per heavy atom. The van der Waals surface area contributed by atoms with Crippen LogP contribution in [0, 0.1) is 0 Å². The summed E-state index contributed by atoms with van der Waals surface area (Å²) in [6, 6.07) is 22.2. The predicted molar refractivity (Wildman–Crippen MR) is 118 cm³/mol. The van der Waals surface area contributed by atoms with Crippen LogP contribution in [0.25, 0.3) is 22.6 Å². The Hall–Kier alpha value is -3.07. The van der Waals surface area contributed by atoms with Crippen molar-refractivity contribution in [3.8, 4) is 17.2 Å². The molecule has 4 rings (SSSR count). The first-order chi connectivity index (χ1) is 13.8. The maximum Gasteiger partial charge on any atom is 0.231 e. The van der Waals surface area contributed by atoms with Crippen molar-refractivity contribution in [3.05, 3.63) is 83.4 Å². The predicted octanol–water partition coefficient (Wildman–Crippen LogP) is 6.84. The minimum absolute atomic E-state index is 0.0598. The van der Waals surface area contributed by atoms with Crippen molar-refractivity contribution in [3.63, 3.8) is 0 Å². The van der Waals surface area contributed by atoms with E-state index in [1.165, 1.54) is 5.56 Å². The lowest BCUT2D eigenvalue weighted by Gasteiger charge is -2.24. The van der Waals surface area contributed by atoms with Crippen LogP contribution in [0.1, 0.15) is 50.3 Å². The van der Waals surface area contributed by atoms with Gasteiger partial charge in [0.05, 0.1) is 5.56 Å². The number of phenolic OH excluding ortho intramolecular Hbond substituents is 1. The van der Waals surface area contributed by atoms with Gasteiger partial charge >= 0.3 is 0 Å². The first kappa shape index (κ1) is 19.3. The zero-order valence-electron chi connectivity index (χ0n) is 17.4. The van der Waals surface area contributed by atoms with Crippen molar-refractivity contribution in [1.82, 2.24) is 4.98 Å². The van der Waals surface area contributed by atoms with Gasteiger partial charge in [-0.15, -0.1) is 0 Å². The second-order valence-electron chi connectivity index (χ2n) is 8.79. The number of fused-ring (bicyclic) bond motifs is 1. The monoisotopic (exact) mass is 385 g/mol. The quantitative estimate of drug-likeness (QED) is 0.418. The molecule has 1 heterocycles. The molecule has 0 amide bonds. The highest BCUT2D eigenvalue weighted by Gasteiger charge is 2.24. The molecule has 148 valence electrons. The van der Waals surface area contributed by atoms with E-state index < -0.39 is 0 Å². The van der Waals surface area contributed by atoms with Crippen LogP contribution in [0.3, 0.4) is 0 Å². The Balaban J connectivity index is 1.83. The lowest BCUT2D eigenvalue weighted by Crippen LogP contribution is -2.13. The molecular formula is C26H27NO2. The average Bonchev–Trinajstić information content (AvgIpc) is 3.12. The summed E-state index contributed by atoms with van der Waals surface area (Å²) in [6.07, 6.45) is 0.856. The van der Waals surface area contributed by atoms with Gasteiger partial charge in [0.15, 0.2) is 5.58 Å². The van der Waals surface area contributed by atoms with Gasteiger partial charge in [0.1, 0.15) is 11.3 Å². The molecule has 4 aromatic rings. The third-order valence-corrected chi connectivity index (χ3v) is 5.45. The molecule has 0 bridgehead atoms. The fourth-order valence-electron chi connectivity index (χ4n) is 3.69. The summed E-state index contributed by atoms with van der Waals surface area (Å²) in [5.74, 6) is 0.874. The molecule has 29 heavy (non-hydrogen) atoms. The molecule has 0 fully saturated rings. The van der Waals surface area contributed by atoms with Gasteiger partial charge in [-0.1, -0.05) is 76.2 Å². The summed E-state index contributed by atoms with van der Waals surface area (Å²) in [7, 11) is 0. The molecule has 3 nitrogen and oxygen atoms in total. The van der Waals surface area contributed by atoms with Gasteiger partial charge in [-0.25, -0.2) is 4.98 Å². The number of rotatable bonds is 4. The van der Waals surface area contributed by atoms with Gasteiger partial charge in [0.25, 0.3) is 0 Å². The Bertz CT molecular complexity index is 1100. The highest BCUT2D eigenvalue weighted by molar-refractivity contribution is 5.78. The molecule has 0 saturated heterocycles. The minimum atomic E-state index is -0.0598. The van der Waals surface area contributed by atoms with Gasteiger partial charge in [0, 0.05) is 0 Å². The zero-order chi connectivity index (χ0) is 20.6. The van der Waals surface area contributed by atoms with Crippen molar-refractivity contribution >= 4 is 11.1 Å². The maximum atomic E-state index is 11.2. The summed E-state index contributed by atoms with van der Waals surface area (Å²) in [5.41, 5.74) is 5.45.